The Morgan fingerprint density at radius 3 is 2.62 bits per heavy atom. The lowest BCUT2D eigenvalue weighted by molar-refractivity contribution is -0.385. The molecule has 4 N–H and O–H groups in total. The minimum absolute atomic E-state index is 0.0184. The van der Waals surface area contributed by atoms with Crippen molar-refractivity contribution in [2.24, 2.45) is 5.84 Å². The van der Waals surface area contributed by atoms with Crippen molar-refractivity contribution in [3.8, 4) is 0 Å². The second kappa shape index (κ2) is 5.67. The van der Waals surface area contributed by atoms with Crippen molar-refractivity contribution in [1.29, 1.82) is 0 Å². The molecule has 0 aliphatic rings. The predicted octanol–water partition coefficient (Wildman–Crippen LogP) is 2.17. The molecule has 0 fully saturated rings. The number of nitrogens with zero attached hydrogens (tertiary/aromatic N) is 3. The van der Waals surface area contributed by atoms with Crippen molar-refractivity contribution in [2.75, 3.05) is 10.7 Å². The average Bonchev–Trinajstić information content (AvgIpc) is 2.40. The van der Waals surface area contributed by atoms with Crippen molar-refractivity contribution in [3.05, 3.63) is 45.4 Å². The van der Waals surface area contributed by atoms with E-state index in [9.17, 15) is 14.5 Å². The number of benzene rings is 1. The zero-order valence-electron chi connectivity index (χ0n) is 11.3. The topological polar surface area (TPSA) is 119 Å². The van der Waals surface area contributed by atoms with E-state index in [1.165, 1.54) is 25.1 Å². The Bertz CT molecular complexity index is 706. The van der Waals surface area contributed by atoms with E-state index in [-0.39, 0.29) is 23.1 Å². The molecule has 2 aromatic rings. The maximum Gasteiger partial charge on any atom is 0.332 e. The first-order valence-corrected chi connectivity index (χ1v) is 5.95. The summed E-state index contributed by atoms with van der Waals surface area (Å²) in [6.45, 7) is 3.15. The number of aryl methyl sites for hydroxylation is 2. The van der Waals surface area contributed by atoms with E-state index in [2.05, 4.69) is 20.7 Å². The van der Waals surface area contributed by atoms with E-state index < -0.39 is 10.7 Å². The Balaban J connectivity index is 2.51. The van der Waals surface area contributed by atoms with Crippen LogP contribution in [-0.2, 0) is 0 Å². The third-order valence-electron chi connectivity index (χ3n) is 2.81. The van der Waals surface area contributed by atoms with Gasteiger partial charge in [-0.15, -0.1) is 0 Å². The first kappa shape index (κ1) is 14.6. The summed E-state index contributed by atoms with van der Waals surface area (Å²) in [6.07, 6.45) is 0. The third kappa shape index (κ3) is 3.03. The van der Waals surface area contributed by atoms with Crippen molar-refractivity contribution in [2.45, 2.75) is 13.8 Å². The second-order valence-electron chi connectivity index (χ2n) is 4.32. The molecule has 8 nitrogen and oxygen atoms in total. The number of nitrogens with two attached hydrogens (primary N) is 1. The molecule has 0 radical (unpaired) electrons. The molecule has 0 aliphatic heterocycles. The van der Waals surface area contributed by atoms with Crippen LogP contribution < -0.4 is 16.6 Å². The number of anilines is 3. The zero-order valence-corrected chi connectivity index (χ0v) is 11.3. The Hall–Kier alpha value is -2.81. The summed E-state index contributed by atoms with van der Waals surface area (Å²) in [5.41, 5.74) is 3.22. The van der Waals surface area contributed by atoms with Gasteiger partial charge in [-0.05, 0) is 37.6 Å². The van der Waals surface area contributed by atoms with Crippen molar-refractivity contribution >= 4 is 23.1 Å². The van der Waals surface area contributed by atoms with Gasteiger partial charge in [-0.1, -0.05) is 0 Å². The molecule has 0 spiro atoms. The molecular weight excluding hydrogens is 279 g/mol. The van der Waals surface area contributed by atoms with Crippen LogP contribution >= 0.6 is 0 Å². The van der Waals surface area contributed by atoms with Crippen molar-refractivity contribution in [1.82, 2.24) is 9.97 Å². The quantitative estimate of drug-likeness (QED) is 0.449. The monoisotopic (exact) mass is 292 g/mol. The standard InChI is InChI=1S/C12H13FN6O2/c1-6-5-8(13)3-4-9(6)16-11-10(19(20)21)7(2)15-12(17-11)18-14/h3-5H,14H2,1-2H3,(H2,15,16,17,18). The maximum absolute atomic E-state index is 13.1. The highest BCUT2D eigenvalue weighted by Crippen LogP contribution is 2.30. The number of halogens is 1. The van der Waals surface area contributed by atoms with Crippen molar-refractivity contribution < 1.29 is 9.31 Å². The first-order chi connectivity index (χ1) is 9.92. The highest BCUT2D eigenvalue weighted by atomic mass is 19.1. The van der Waals surface area contributed by atoms with Gasteiger partial charge < -0.3 is 5.32 Å². The van der Waals surface area contributed by atoms with Crippen LogP contribution in [0.25, 0.3) is 0 Å². The van der Waals surface area contributed by atoms with Gasteiger partial charge in [-0.3, -0.25) is 15.5 Å². The van der Waals surface area contributed by atoms with Crippen LogP contribution in [0.5, 0.6) is 0 Å². The van der Waals surface area contributed by atoms with Gasteiger partial charge >= 0.3 is 5.69 Å². The normalized spacial score (nSPS) is 10.3. The molecule has 0 bridgehead atoms. The van der Waals surface area contributed by atoms with E-state index in [4.69, 9.17) is 5.84 Å². The number of nitrogen functional groups attached to an aromatic ring is 1. The Kier molecular flexibility index (Phi) is 3.94. The van der Waals surface area contributed by atoms with Gasteiger partial charge in [-0.25, -0.2) is 15.2 Å². The molecule has 0 unspecified atom stereocenters. The second-order valence-corrected chi connectivity index (χ2v) is 4.32. The van der Waals surface area contributed by atoms with Crippen LogP contribution in [0, 0.1) is 29.8 Å². The summed E-state index contributed by atoms with van der Waals surface area (Å²) in [4.78, 5) is 18.4. The molecule has 0 aliphatic carbocycles. The summed E-state index contributed by atoms with van der Waals surface area (Å²) in [5, 5.41) is 14.0. The Morgan fingerprint density at radius 1 is 1.33 bits per heavy atom. The molecule has 0 saturated heterocycles. The molecule has 110 valence electrons. The predicted molar refractivity (Wildman–Crippen MR) is 75.7 cm³/mol. The number of rotatable bonds is 4. The number of hydrazine groups is 1. The molecule has 0 amide bonds. The smallest absolute Gasteiger partial charge is 0.332 e. The fourth-order valence-corrected chi connectivity index (χ4v) is 1.83. The fourth-order valence-electron chi connectivity index (χ4n) is 1.83. The van der Waals surface area contributed by atoms with Gasteiger partial charge in [0.05, 0.1) is 4.92 Å². The van der Waals surface area contributed by atoms with Gasteiger partial charge in [0, 0.05) is 5.69 Å². The van der Waals surface area contributed by atoms with Gasteiger partial charge in [0.25, 0.3) is 0 Å². The number of hydrogen-bond acceptors (Lipinski definition) is 7. The minimum Gasteiger partial charge on any atom is -0.334 e. The van der Waals surface area contributed by atoms with Crippen LogP contribution in [-0.4, -0.2) is 14.9 Å². The zero-order chi connectivity index (χ0) is 15.6. The van der Waals surface area contributed by atoms with Crippen LogP contribution in [0.4, 0.5) is 27.5 Å². The van der Waals surface area contributed by atoms with Crippen LogP contribution in [0.15, 0.2) is 18.2 Å². The summed E-state index contributed by atoms with van der Waals surface area (Å²) in [5.74, 6) is 4.87. The Morgan fingerprint density at radius 2 is 2.05 bits per heavy atom. The lowest BCUT2D eigenvalue weighted by Crippen LogP contribution is -2.13. The van der Waals surface area contributed by atoms with E-state index in [0.29, 0.717) is 11.3 Å². The lowest BCUT2D eigenvalue weighted by atomic mass is 10.2. The summed E-state index contributed by atoms with van der Waals surface area (Å²) < 4.78 is 13.1. The third-order valence-corrected chi connectivity index (χ3v) is 2.81. The van der Waals surface area contributed by atoms with Gasteiger partial charge in [0.15, 0.2) is 0 Å². The molecule has 1 heterocycles. The summed E-state index contributed by atoms with van der Waals surface area (Å²) in [6, 6.07) is 4.03. The molecule has 1 aromatic heterocycles. The minimum atomic E-state index is -0.586. The number of nitrogens with one attached hydrogen (secondary N) is 2. The Labute approximate surface area is 119 Å². The summed E-state index contributed by atoms with van der Waals surface area (Å²) >= 11 is 0. The SMILES string of the molecule is Cc1cc(F)ccc1Nc1nc(NN)nc(C)c1[N+](=O)[O-]. The van der Waals surface area contributed by atoms with Gasteiger partial charge in [-0.2, -0.15) is 4.98 Å². The molecular formula is C12H13FN6O2. The first-order valence-electron chi connectivity index (χ1n) is 5.95. The van der Waals surface area contributed by atoms with Crippen LogP contribution in [0.3, 0.4) is 0 Å². The molecule has 2 rings (SSSR count). The van der Waals surface area contributed by atoms with E-state index in [0.717, 1.165) is 0 Å². The fraction of sp³-hybridized carbons (Fsp3) is 0.167. The largest absolute Gasteiger partial charge is 0.334 e. The summed E-state index contributed by atoms with van der Waals surface area (Å²) in [7, 11) is 0. The van der Waals surface area contributed by atoms with Gasteiger partial charge in [0.2, 0.25) is 11.8 Å². The number of aromatic nitrogens is 2. The van der Waals surface area contributed by atoms with E-state index in [1.807, 2.05) is 0 Å². The number of nitro groups is 1. The highest BCUT2D eigenvalue weighted by Gasteiger charge is 2.22. The van der Waals surface area contributed by atoms with Crippen LogP contribution in [0.1, 0.15) is 11.3 Å². The molecule has 9 heteroatoms. The van der Waals surface area contributed by atoms with Crippen LogP contribution in [0.2, 0.25) is 0 Å². The maximum atomic E-state index is 13.1. The van der Waals surface area contributed by atoms with E-state index in [1.54, 1.807) is 6.92 Å². The molecule has 0 atom stereocenters. The highest BCUT2D eigenvalue weighted by molar-refractivity contribution is 5.69. The molecule has 0 saturated carbocycles. The average molecular weight is 292 g/mol. The number of hydrogen-bond donors (Lipinski definition) is 3. The van der Waals surface area contributed by atoms with Gasteiger partial charge in [0.1, 0.15) is 11.5 Å². The van der Waals surface area contributed by atoms with E-state index >= 15 is 0 Å². The molecule has 21 heavy (non-hydrogen) atoms. The lowest BCUT2D eigenvalue weighted by Gasteiger charge is -2.11. The molecule has 1 aromatic carbocycles. The van der Waals surface area contributed by atoms with Crippen molar-refractivity contribution in [3.63, 3.8) is 0 Å².